The van der Waals surface area contributed by atoms with E-state index in [1.807, 2.05) is 36.2 Å². The van der Waals surface area contributed by atoms with Crippen LogP contribution < -0.4 is 5.32 Å². The van der Waals surface area contributed by atoms with Crippen molar-refractivity contribution < 1.29 is 9.21 Å². The van der Waals surface area contributed by atoms with Gasteiger partial charge in [-0.3, -0.25) is 4.79 Å². The van der Waals surface area contributed by atoms with E-state index in [1.165, 1.54) is 12.8 Å². The Bertz CT molecular complexity index is 779. The summed E-state index contributed by atoms with van der Waals surface area (Å²) in [4.78, 5) is 18.8. The van der Waals surface area contributed by atoms with Crippen LogP contribution in [0.1, 0.15) is 38.0 Å². The SMILES string of the molecule is CN(C(=O)CCc1ncc(-c2ccccc2Cl)o1)C1CC2CCC(C1)N2. The van der Waals surface area contributed by atoms with E-state index in [9.17, 15) is 4.79 Å². The third-order valence-corrected chi connectivity index (χ3v) is 5.96. The summed E-state index contributed by atoms with van der Waals surface area (Å²) in [5, 5.41) is 4.25. The molecule has 0 aliphatic carbocycles. The average molecular weight is 374 g/mol. The van der Waals surface area contributed by atoms with Gasteiger partial charge in [-0.15, -0.1) is 0 Å². The largest absolute Gasteiger partial charge is 0.441 e. The van der Waals surface area contributed by atoms with Crippen molar-refractivity contribution in [3.05, 3.63) is 41.4 Å². The molecule has 26 heavy (non-hydrogen) atoms. The number of amides is 1. The van der Waals surface area contributed by atoms with Crippen LogP contribution in [0.15, 0.2) is 34.9 Å². The molecule has 2 fully saturated rings. The number of fused-ring (bicyclic) bond motifs is 2. The molecule has 1 aromatic heterocycles. The van der Waals surface area contributed by atoms with Gasteiger partial charge < -0.3 is 14.6 Å². The molecule has 2 atom stereocenters. The number of carbonyl (C=O) groups is 1. The number of nitrogens with zero attached hydrogens (tertiary/aromatic N) is 2. The summed E-state index contributed by atoms with van der Waals surface area (Å²) in [6.45, 7) is 0. The highest BCUT2D eigenvalue weighted by atomic mass is 35.5. The molecule has 1 N–H and O–H groups in total. The second kappa shape index (κ2) is 7.41. The molecule has 2 saturated heterocycles. The van der Waals surface area contributed by atoms with E-state index in [1.54, 1.807) is 6.20 Å². The minimum atomic E-state index is 0.161. The van der Waals surface area contributed by atoms with Crippen LogP contribution in [0.4, 0.5) is 0 Å². The van der Waals surface area contributed by atoms with Crippen LogP contribution in [0.25, 0.3) is 11.3 Å². The lowest BCUT2D eigenvalue weighted by molar-refractivity contribution is -0.132. The topological polar surface area (TPSA) is 58.4 Å². The van der Waals surface area contributed by atoms with E-state index in [-0.39, 0.29) is 5.91 Å². The first-order valence-electron chi connectivity index (χ1n) is 9.31. The Morgan fingerprint density at radius 2 is 2.04 bits per heavy atom. The van der Waals surface area contributed by atoms with Gasteiger partial charge in [0.15, 0.2) is 11.7 Å². The summed E-state index contributed by atoms with van der Waals surface area (Å²) in [5.74, 6) is 1.38. The van der Waals surface area contributed by atoms with Crippen LogP contribution in [0, 0.1) is 0 Å². The number of piperidine rings is 1. The highest BCUT2D eigenvalue weighted by Gasteiger charge is 2.36. The number of nitrogens with one attached hydrogen (secondary N) is 1. The Labute approximate surface area is 158 Å². The third kappa shape index (κ3) is 3.64. The van der Waals surface area contributed by atoms with Crippen LogP contribution in [0.3, 0.4) is 0 Å². The van der Waals surface area contributed by atoms with E-state index in [4.69, 9.17) is 16.0 Å². The molecule has 1 aromatic carbocycles. The van der Waals surface area contributed by atoms with Crippen LogP contribution >= 0.6 is 11.6 Å². The summed E-state index contributed by atoms with van der Waals surface area (Å²) >= 11 is 6.20. The molecule has 138 valence electrons. The van der Waals surface area contributed by atoms with Crippen molar-refractivity contribution in [2.24, 2.45) is 0 Å². The van der Waals surface area contributed by atoms with E-state index in [0.29, 0.717) is 47.6 Å². The molecule has 2 aliphatic rings. The minimum absolute atomic E-state index is 0.161. The summed E-state index contributed by atoms with van der Waals surface area (Å²) in [5.41, 5.74) is 0.821. The summed E-state index contributed by atoms with van der Waals surface area (Å²) in [6, 6.07) is 9.03. The molecule has 5 nitrogen and oxygen atoms in total. The molecule has 0 saturated carbocycles. The molecular weight excluding hydrogens is 350 g/mol. The van der Waals surface area contributed by atoms with Crippen LogP contribution in [0.2, 0.25) is 5.02 Å². The van der Waals surface area contributed by atoms with E-state index >= 15 is 0 Å². The van der Waals surface area contributed by atoms with Crippen molar-refractivity contribution in [1.29, 1.82) is 0 Å². The first kappa shape index (κ1) is 17.6. The highest BCUT2D eigenvalue weighted by molar-refractivity contribution is 6.33. The normalized spacial score (nSPS) is 24.6. The smallest absolute Gasteiger partial charge is 0.223 e. The number of halogens is 1. The number of benzene rings is 1. The minimum Gasteiger partial charge on any atom is -0.441 e. The number of oxazole rings is 1. The number of hydrogen-bond acceptors (Lipinski definition) is 4. The van der Waals surface area contributed by atoms with Crippen molar-refractivity contribution in [1.82, 2.24) is 15.2 Å². The van der Waals surface area contributed by atoms with Crippen molar-refractivity contribution in [2.75, 3.05) is 7.05 Å². The molecular formula is C20H24ClN3O2. The van der Waals surface area contributed by atoms with E-state index in [2.05, 4.69) is 10.3 Å². The quantitative estimate of drug-likeness (QED) is 0.868. The van der Waals surface area contributed by atoms with Gasteiger partial charge in [0.2, 0.25) is 5.91 Å². The van der Waals surface area contributed by atoms with Gasteiger partial charge in [-0.25, -0.2) is 4.98 Å². The van der Waals surface area contributed by atoms with Gasteiger partial charge in [0, 0.05) is 43.6 Å². The maximum absolute atomic E-state index is 12.6. The lowest BCUT2D eigenvalue weighted by Gasteiger charge is -2.35. The van der Waals surface area contributed by atoms with Gasteiger partial charge in [0.25, 0.3) is 0 Å². The van der Waals surface area contributed by atoms with Crippen molar-refractivity contribution >= 4 is 17.5 Å². The molecule has 1 amide bonds. The number of aromatic nitrogens is 1. The molecule has 0 spiro atoms. The number of hydrogen-bond donors (Lipinski definition) is 1. The summed E-state index contributed by atoms with van der Waals surface area (Å²) in [7, 11) is 1.93. The first-order chi connectivity index (χ1) is 12.6. The average Bonchev–Trinajstić information content (AvgIpc) is 3.25. The number of carbonyl (C=O) groups excluding carboxylic acids is 1. The molecule has 2 aromatic rings. The lowest BCUT2D eigenvalue weighted by Crippen LogP contribution is -2.48. The maximum Gasteiger partial charge on any atom is 0.223 e. The number of aryl methyl sites for hydroxylation is 1. The predicted molar refractivity (Wildman–Crippen MR) is 101 cm³/mol. The lowest BCUT2D eigenvalue weighted by atomic mass is 9.98. The van der Waals surface area contributed by atoms with Gasteiger partial charge in [0.05, 0.1) is 11.2 Å². The molecule has 6 heteroatoms. The predicted octanol–water partition coefficient (Wildman–Crippen LogP) is 3.67. The molecule has 3 heterocycles. The standard InChI is InChI=1S/C20H24ClN3O2/c1-24(15-10-13-6-7-14(11-15)23-13)20(25)9-8-19-22-12-18(26-19)16-4-2-3-5-17(16)21/h2-5,12-15,23H,6-11H2,1H3. The van der Waals surface area contributed by atoms with Crippen LogP contribution in [0.5, 0.6) is 0 Å². The number of rotatable bonds is 5. The zero-order valence-corrected chi connectivity index (χ0v) is 15.7. The molecule has 4 rings (SSSR count). The van der Waals surface area contributed by atoms with E-state index in [0.717, 1.165) is 18.4 Å². The second-order valence-corrected chi connectivity index (χ2v) is 7.77. The van der Waals surface area contributed by atoms with Gasteiger partial charge in [-0.2, -0.15) is 0 Å². The zero-order valence-electron chi connectivity index (χ0n) is 15.0. The third-order valence-electron chi connectivity index (χ3n) is 5.63. The summed E-state index contributed by atoms with van der Waals surface area (Å²) < 4.78 is 5.79. The van der Waals surface area contributed by atoms with Gasteiger partial charge in [-0.1, -0.05) is 23.7 Å². The van der Waals surface area contributed by atoms with E-state index < -0.39 is 0 Å². The van der Waals surface area contributed by atoms with Crippen LogP contribution in [-0.4, -0.2) is 41.0 Å². The second-order valence-electron chi connectivity index (χ2n) is 7.37. The Morgan fingerprint density at radius 3 is 2.77 bits per heavy atom. The van der Waals surface area contributed by atoms with Gasteiger partial charge in [0.1, 0.15) is 0 Å². The Kier molecular flexibility index (Phi) is 5.00. The highest BCUT2D eigenvalue weighted by Crippen LogP contribution is 2.30. The molecule has 2 unspecified atom stereocenters. The fraction of sp³-hybridized carbons (Fsp3) is 0.500. The zero-order chi connectivity index (χ0) is 18.1. The maximum atomic E-state index is 12.6. The fourth-order valence-electron chi connectivity index (χ4n) is 4.15. The van der Waals surface area contributed by atoms with Gasteiger partial charge in [-0.05, 0) is 37.8 Å². The van der Waals surface area contributed by atoms with Crippen molar-refractivity contribution in [3.8, 4) is 11.3 Å². The van der Waals surface area contributed by atoms with Crippen molar-refractivity contribution in [3.63, 3.8) is 0 Å². The fourth-order valence-corrected chi connectivity index (χ4v) is 4.38. The molecule has 2 bridgehead atoms. The Balaban J connectivity index is 1.34. The van der Waals surface area contributed by atoms with Gasteiger partial charge >= 0.3 is 0 Å². The first-order valence-corrected chi connectivity index (χ1v) is 9.69. The van der Waals surface area contributed by atoms with Crippen LogP contribution in [-0.2, 0) is 11.2 Å². The summed E-state index contributed by atoms with van der Waals surface area (Å²) in [6.07, 6.45) is 7.20. The monoisotopic (exact) mass is 373 g/mol. The Hall–Kier alpha value is -1.85. The molecule has 2 aliphatic heterocycles. The van der Waals surface area contributed by atoms with Crippen molar-refractivity contribution in [2.45, 2.75) is 56.7 Å². The molecule has 0 radical (unpaired) electrons. The Morgan fingerprint density at radius 1 is 1.31 bits per heavy atom.